The number of aliphatic imine (C=N–C) groups is 1. The number of carbonyl (C=O) groups excluding carboxylic acids is 9. The Morgan fingerprint density at radius 2 is 0.891 bits per heavy atom. The number of aromatic nitrogens is 14. The molecule has 0 bridgehead atoms. The Hall–Kier alpha value is -12.2. The molecule has 0 spiro atoms. The summed E-state index contributed by atoms with van der Waals surface area (Å²) in [4.78, 5) is 168. The van der Waals surface area contributed by atoms with E-state index in [0.717, 1.165) is 74.4 Å². The molecule has 714 valence electrons. The number of azide groups is 1. The van der Waals surface area contributed by atoms with Gasteiger partial charge in [0.1, 0.15) is 68.2 Å². The first-order valence-electron chi connectivity index (χ1n) is 39.0. The first kappa shape index (κ1) is 115. The van der Waals surface area contributed by atoms with Gasteiger partial charge in [-0.1, -0.05) is 69.5 Å². The number of carboxylic acids is 1. The molecule has 34 nitrogen and oxygen atoms in total. The van der Waals surface area contributed by atoms with Crippen LogP contribution in [0, 0.1) is 27.7 Å². The van der Waals surface area contributed by atoms with E-state index in [0.29, 0.717) is 88.3 Å². The average molecular weight is 2200 g/mol. The molecular formula is C88H86Br2ClF2N23O11S10. The van der Waals surface area contributed by atoms with E-state index < -0.39 is 48.2 Å². The van der Waals surface area contributed by atoms with Crippen molar-refractivity contribution in [3.05, 3.63) is 238 Å². The minimum absolute atomic E-state index is 0. The topological polar surface area (TPSA) is 452 Å². The number of hydrogen-bond donors (Lipinski definition) is 5. The van der Waals surface area contributed by atoms with Gasteiger partial charge in [-0.25, -0.2) is 68.2 Å². The molecule has 2 aliphatic heterocycles. The van der Waals surface area contributed by atoms with Gasteiger partial charge >= 0.3 is 12.0 Å². The zero-order valence-corrected chi connectivity index (χ0v) is 84.3. The van der Waals surface area contributed by atoms with Crippen molar-refractivity contribution >= 4 is 278 Å². The predicted molar refractivity (Wildman–Crippen MR) is 562 cm³/mol. The van der Waals surface area contributed by atoms with E-state index >= 15 is 0 Å². The van der Waals surface area contributed by atoms with E-state index in [1.54, 1.807) is 118 Å². The third-order valence-electron chi connectivity index (χ3n) is 19.6. The number of alkyl halides is 2. The predicted octanol–water partition coefficient (Wildman–Crippen LogP) is 17.2. The van der Waals surface area contributed by atoms with Crippen molar-refractivity contribution in [2.24, 2.45) is 10.1 Å². The van der Waals surface area contributed by atoms with Crippen LogP contribution in [-0.4, -0.2) is 175 Å². The van der Waals surface area contributed by atoms with Crippen molar-refractivity contribution in [2.75, 3.05) is 29.0 Å². The molecule has 0 radical (unpaired) electrons. The average Bonchev–Trinajstić information content (AvgIpc) is 1.77. The molecule has 10 aromatic heterocycles. The molecular weight excluding hydrogens is 2110 g/mol. The van der Waals surface area contributed by atoms with Gasteiger partial charge in [-0.2, -0.15) is 18.5 Å². The lowest BCUT2D eigenvalue weighted by Crippen LogP contribution is -2.45. The Morgan fingerprint density at radius 1 is 0.526 bits per heavy atom. The third-order valence-corrected chi connectivity index (χ3v) is 22.7. The molecule has 4 aromatic carbocycles. The number of isocyanates is 1. The second kappa shape index (κ2) is 55.9. The van der Waals surface area contributed by atoms with E-state index in [9.17, 15) is 56.7 Å². The number of likely N-dealkylation sites (tertiary alicyclic amines) is 1. The summed E-state index contributed by atoms with van der Waals surface area (Å²) in [5, 5.41) is 25.8. The highest BCUT2D eigenvalue weighted by Crippen LogP contribution is 2.36. The molecule has 0 aliphatic carbocycles. The van der Waals surface area contributed by atoms with E-state index in [1.165, 1.54) is 82.2 Å². The van der Waals surface area contributed by atoms with Crippen molar-refractivity contribution in [1.29, 1.82) is 0 Å². The van der Waals surface area contributed by atoms with Crippen LogP contribution < -0.4 is 21.3 Å². The number of anilines is 3. The Morgan fingerprint density at radius 3 is 1.26 bits per heavy atom. The number of aliphatic carboxylic acids is 1. The summed E-state index contributed by atoms with van der Waals surface area (Å²) in [5.74, 6) is 0.387. The standard InChI is InChI=1S/C26H23BrFN7O3.C17H14N6O2.C17H15N3O3.C16H12N4O2.C10H11BrFN3O.2CH4.ClH.S4.S3.S2.H2S/c1-14-29-10-17(11-30-14)16-6-7-19-20(13-34(15(2)36)21(19)8-16)31-26(38)35-12-18(28)9-22(35)25(37)33-24-5-3-4-23(27)32-24;1-10-19-7-14(8-20-10)12-3-4-15-13(6-17(25)21-22-18)9-23(11(2)24)16(15)5-12;1-10-18-7-14(8-19-10)12-3-4-15-13(6-17(22)23)9-20(11(2)21)16(15)5-12;1-10-17-6-13(7-18-10)12-3-4-14-15(19-9-21)8-20(11(2)22)16(14)5-12;11-8-2-1-3-9(14-8)15-10(16)7-4-6(12)5-13-7;;;;1-3-4-2;1-3-2;1-2;/h3-8,10-11,13,18,22H,9,12H2,1-2H3,(H,31,38)(H,32,33,37);3-5,7-9H,6H2,1-2H3;3-5,7-9H,6H2,1-2H3,(H,22,23);3-8H,1-2H3;1-3,6-7,13H,4-5H2,(H,14,15,16);2*1H4;1H;;;;1H2/t18-,22+;;;;6-,7+;;;;;;;/m1...1......./s1. The number of carboxylic acid groups (broad SMARTS) is 1. The number of urea groups is 1. The van der Waals surface area contributed by atoms with E-state index in [4.69, 9.17) is 10.6 Å². The summed E-state index contributed by atoms with van der Waals surface area (Å²) < 4.78 is 34.3. The number of nitrogens with zero attached hydrogens (tertiary/aromatic N) is 19. The largest absolute Gasteiger partial charge is 0.481 e. The summed E-state index contributed by atoms with van der Waals surface area (Å²) in [6, 6.07) is 30.2. The van der Waals surface area contributed by atoms with Gasteiger partial charge in [0.25, 0.3) is 0 Å². The Kier molecular flexibility index (Phi) is 47.0. The maximum atomic E-state index is 14.4. The number of amides is 5. The number of fused-ring (bicyclic) bond motifs is 4. The van der Waals surface area contributed by atoms with Crippen LogP contribution in [0.15, 0.2) is 203 Å². The number of benzene rings is 4. The maximum absolute atomic E-state index is 14.4. The molecule has 16 rings (SSSR count). The first-order valence-corrected chi connectivity index (χ1v) is 48.6. The summed E-state index contributed by atoms with van der Waals surface area (Å²) >= 11 is 30.7. The number of halogens is 5. The van der Waals surface area contributed by atoms with E-state index in [2.05, 4.69) is 185 Å². The molecule has 0 saturated carbocycles. The highest BCUT2D eigenvalue weighted by molar-refractivity contribution is 9.10. The zero-order valence-electron chi connectivity index (χ0n) is 72.0. The van der Waals surface area contributed by atoms with Crippen molar-refractivity contribution in [1.82, 2.24) is 78.3 Å². The number of pyridine rings is 2. The van der Waals surface area contributed by atoms with Crippen molar-refractivity contribution < 1.29 is 61.8 Å². The molecule has 2 saturated heterocycles. The van der Waals surface area contributed by atoms with Crippen LogP contribution >= 0.6 is 57.8 Å². The Labute approximate surface area is 851 Å². The van der Waals surface area contributed by atoms with Gasteiger partial charge < -0.3 is 31.3 Å². The fourth-order valence-electron chi connectivity index (χ4n) is 13.6. The van der Waals surface area contributed by atoms with Crippen molar-refractivity contribution in [3.8, 4) is 44.5 Å². The molecule has 0 unspecified atom stereocenters. The number of rotatable bonds is 14. The van der Waals surface area contributed by atoms with Crippen LogP contribution in [0.25, 0.3) is 98.6 Å². The number of carbonyl (C=O) groups is 9. The van der Waals surface area contributed by atoms with Gasteiger partial charge in [-0.05, 0) is 158 Å². The quantitative estimate of drug-likeness (QED) is 0.0169. The molecule has 14 aromatic rings. The molecule has 5 amide bonds. The van der Waals surface area contributed by atoms with Gasteiger partial charge in [-0.3, -0.25) is 56.6 Å². The number of hydrogen-bond acceptors (Lipinski definition) is 28. The highest BCUT2D eigenvalue weighted by Gasteiger charge is 2.41. The van der Waals surface area contributed by atoms with Crippen LogP contribution in [0.4, 0.5) is 36.6 Å². The van der Waals surface area contributed by atoms with Gasteiger partial charge in [0.2, 0.25) is 47.4 Å². The van der Waals surface area contributed by atoms with Crippen molar-refractivity contribution in [2.45, 2.75) is 120 Å². The minimum Gasteiger partial charge on any atom is -0.481 e. The van der Waals surface area contributed by atoms with Gasteiger partial charge in [0, 0.05) is 270 Å². The summed E-state index contributed by atoms with van der Waals surface area (Å²) in [7, 11) is 3.26. The lowest BCUT2D eigenvalue weighted by molar-refractivity contribution is -0.136. The second-order valence-corrected chi connectivity index (χ2v) is 35.5. The fraction of sp³-hybridized carbons (Fsp3) is 0.227. The molecule has 5 N–H and O–H groups in total. The molecule has 2 aliphatic rings. The van der Waals surface area contributed by atoms with Crippen LogP contribution in [0.5, 0.6) is 0 Å². The highest BCUT2D eigenvalue weighted by atomic mass is 79.9. The monoisotopic (exact) mass is 2190 g/mol. The zero-order chi connectivity index (χ0) is 96.9. The van der Waals surface area contributed by atoms with Gasteiger partial charge in [0.05, 0.1) is 46.8 Å². The second-order valence-electron chi connectivity index (χ2n) is 28.6. The molecule has 49 heteroatoms. The van der Waals surface area contributed by atoms with E-state index in [-0.39, 0.29) is 115 Å². The fourth-order valence-corrected chi connectivity index (χ4v) is 14.3. The summed E-state index contributed by atoms with van der Waals surface area (Å²) in [6.07, 6.45) is 19.1. The smallest absolute Gasteiger partial charge is 0.322 e. The van der Waals surface area contributed by atoms with Crippen LogP contribution in [-0.2, 0) is 131 Å². The lowest BCUT2D eigenvalue weighted by atomic mass is 10.0. The normalized spacial score (nSPS) is 13.2. The lowest BCUT2D eigenvalue weighted by Gasteiger charge is -2.23. The number of nitrogens with one attached hydrogen (secondary N) is 4. The number of aryl methyl sites for hydroxylation is 4. The van der Waals surface area contributed by atoms with Gasteiger partial charge in [-0.15, -0.1) is 12.4 Å². The van der Waals surface area contributed by atoms with Crippen molar-refractivity contribution in [3.63, 3.8) is 0 Å². The molecule has 2 fully saturated rings. The Balaban J connectivity index is 0.000000300. The third kappa shape index (κ3) is 31.9. The molecule has 12 heterocycles. The summed E-state index contributed by atoms with van der Waals surface area (Å²) in [5.41, 5.74) is 19.7. The maximum Gasteiger partial charge on any atom is 0.322 e. The summed E-state index contributed by atoms with van der Waals surface area (Å²) in [6.45, 7) is 13.0. The molecule has 137 heavy (non-hydrogen) atoms. The van der Waals surface area contributed by atoms with Crippen LogP contribution in [0.2, 0.25) is 0 Å². The molecule has 4 atom stereocenters. The van der Waals surface area contributed by atoms with Crippen LogP contribution in [0.1, 0.15) is 109 Å². The van der Waals surface area contributed by atoms with Crippen LogP contribution in [0.3, 0.4) is 0 Å². The SMILES string of the molecule is C.C.CC(=O)n1cc(CC(=O)N=[N+]=[N-])c2ccc(-c3cnc(C)nc3)cc21.CC(=O)n1cc(CC(=O)O)c2ccc(-c3cnc(C)nc3)cc21.CC(=O)n1cc(N=C=O)c2ccc(-c3cnc(C)nc3)cc21.CC(=O)n1cc(NC(=O)N2C[C@H](F)C[C@H]2C(=O)Nc2cccc(Br)n2)c2ccc(-c3cnc(C)nc3)cc21.Cl.O=C(Nc1cccc(Br)n1)[C@@H]1C[C@@H](F)CN1.S.S=S.S=S=S.S=S=S=S. The van der Waals surface area contributed by atoms with E-state index in [1.807, 2.05) is 80.6 Å². The minimum atomic E-state index is -1.36. The van der Waals surface area contributed by atoms with Gasteiger partial charge in [0.15, 0.2) is 0 Å². The Bertz CT molecular complexity index is 6980. The first-order chi connectivity index (χ1) is 63.7.